The fourth-order valence-corrected chi connectivity index (χ4v) is 5.65. The van der Waals surface area contributed by atoms with Gasteiger partial charge in [-0.05, 0) is 12.8 Å². The zero-order valence-corrected chi connectivity index (χ0v) is 19.2. The minimum Gasteiger partial charge on any atom is -0.622 e. The second-order valence-electron chi connectivity index (χ2n) is 8.13. The highest BCUT2D eigenvalue weighted by molar-refractivity contribution is 8.15. The summed E-state index contributed by atoms with van der Waals surface area (Å²) < 4.78 is 1.44. The molecule has 0 fully saturated rings. The van der Waals surface area contributed by atoms with Crippen LogP contribution in [0.1, 0.15) is 67.2 Å². The average Bonchev–Trinajstić information content (AvgIpc) is 2.91. The van der Waals surface area contributed by atoms with E-state index in [1.165, 1.54) is 23.5 Å². The third-order valence-corrected chi connectivity index (χ3v) is 7.37. The number of unbranched alkanes of at least 4 members (excludes halogenated alkanes) is 2. The standard InChI is InChI=1S/C20H30N2O4S2/c1-7-9-11-27-17-13(15(23)19(3,4)21(17)25)14-16(24)20(5,6)22(26)18(14)28-12-10-8-2/h7-12H2,1-6H3/b14-13-. The van der Waals surface area contributed by atoms with Gasteiger partial charge in [-0.2, -0.15) is 9.48 Å². The monoisotopic (exact) mass is 426 g/mol. The molecule has 0 atom stereocenters. The Morgan fingerprint density at radius 2 is 1.07 bits per heavy atom. The number of ketones is 2. The second-order valence-corrected chi connectivity index (χ2v) is 10.3. The fraction of sp³-hybridized carbons (Fsp3) is 0.700. The third kappa shape index (κ3) is 3.77. The van der Waals surface area contributed by atoms with Crippen molar-refractivity contribution in [1.29, 1.82) is 0 Å². The van der Waals surface area contributed by atoms with Gasteiger partial charge in [-0.1, -0.05) is 50.2 Å². The maximum absolute atomic E-state index is 13.2. The smallest absolute Gasteiger partial charge is 0.259 e. The molecule has 28 heavy (non-hydrogen) atoms. The van der Waals surface area contributed by atoms with Gasteiger partial charge in [-0.25, -0.2) is 0 Å². The van der Waals surface area contributed by atoms with E-state index in [1.807, 2.05) is 0 Å². The number of Topliss-reactive ketones (excluding diaryl/α,β-unsaturated/α-hetero) is 2. The summed E-state index contributed by atoms with van der Waals surface area (Å²) in [4.78, 5) is 26.4. The van der Waals surface area contributed by atoms with Crippen molar-refractivity contribution in [2.24, 2.45) is 0 Å². The molecule has 6 nitrogen and oxygen atoms in total. The van der Waals surface area contributed by atoms with Crippen LogP contribution in [0.4, 0.5) is 0 Å². The predicted molar refractivity (Wildman–Crippen MR) is 117 cm³/mol. The van der Waals surface area contributed by atoms with E-state index in [0.29, 0.717) is 11.5 Å². The van der Waals surface area contributed by atoms with Gasteiger partial charge in [0.2, 0.25) is 22.6 Å². The maximum Gasteiger partial charge on any atom is 0.259 e. The van der Waals surface area contributed by atoms with Crippen LogP contribution >= 0.6 is 23.5 Å². The van der Waals surface area contributed by atoms with Crippen LogP contribution in [0.3, 0.4) is 0 Å². The largest absolute Gasteiger partial charge is 0.622 e. The minimum atomic E-state index is -1.28. The van der Waals surface area contributed by atoms with Gasteiger partial charge in [0.1, 0.15) is 11.1 Å². The van der Waals surface area contributed by atoms with Crippen LogP contribution in [-0.2, 0) is 9.59 Å². The Morgan fingerprint density at radius 1 is 0.750 bits per heavy atom. The number of thioether (sulfide) groups is 2. The quantitative estimate of drug-likeness (QED) is 0.277. The Bertz CT molecular complexity index is 715. The number of hydrogen-bond donors (Lipinski definition) is 0. The zero-order valence-electron chi connectivity index (χ0n) is 17.6. The first-order chi connectivity index (χ1) is 13.0. The van der Waals surface area contributed by atoms with E-state index in [-0.39, 0.29) is 32.8 Å². The fourth-order valence-electron chi connectivity index (χ4n) is 3.03. The van der Waals surface area contributed by atoms with Crippen molar-refractivity contribution in [3.63, 3.8) is 0 Å². The molecular formula is C20H30N2O4S2. The van der Waals surface area contributed by atoms with Crippen molar-refractivity contribution in [1.82, 2.24) is 0 Å². The summed E-state index contributed by atoms with van der Waals surface area (Å²) in [5.74, 6) is 0.595. The Kier molecular flexibility index (Phi) is 7.08. The maximum atomic E-state index is 13.2. The van der Waals surface area contributed by atoms with Gasteiger partial charge in [0.15, 0.2) is 0 Å². The van der Waals surface area contributed by atoms with Crippen LogP contribution in [-0.4, -0.2) is 53.7 Å². The normalized spacial score (nSPS) is 24.1. The summed E-state index contributed by atoms with van der Waals surface area (Å²) in [5, 5.41) is 26.3. The number of hydrogen-bond acceptors (Lipinski definition) is 6. The predicted octanol–water partition coefficient (Wildman–Crippen LogP) is 3.89. The first-order valence-corrected chi connectivity index (χ1v) is 11.8. The van der Waals surface area contributed by atoms with E-state index < -0.39 is 11.1 Å². The summed E-state index contributed by atoms with van der Waals surface area (Å²) in [7, 11) is 0. The molecule has 0 radical (unpaired) electrons. The molecule has 156 valence electrons. The Balaban J connectivity index is 2.65. The molecule has 0 amide bonds. The van der Waals surface area contributed by atoms with Crippen LogP contribution < -0.4 is 0 Å². The summed E-state index contributed by atoms with van der Waals surface area (Å²) in [6.07, 6.45) is 3.72. The molecule has 2 aliphatic rings. The van der Waals surface area contributed by atoms with Crippen LogP contribution in [0, 0.1) is 10.4 Å². The lowest BCUT2D eigenvalue weighted by atomic mass is 9.90. The van der Waals surface area contributed by atoms with Crippen molar-refractivity contribution in [2.45, 2.75) is 78.3 Å². The average molecular weight is 427 g/mol. The van der Waals surface area contributed by atoms with Crippen LogP contribution in [0.25, 0.3) is 0 Å². The lowest BCUT2D eigenvalue weighted by molar-refractivity contribution is -0.513. The lowest BCUT2D eigenvalue weighted by Crippen LogP contribution is -2.37. The Morgan fingerprint density at radius 3 is 1.36 bits per heavy atom. The van der Waals surface area contributed by atoms with Gasteiger partial charge in [0.25, 0.3) is 10.1 Å². The van der Waals surface area contributed by atoms with Gasteiger partial charge in [0.05, 0.1) is 0 Å². The number of carbonyl (C=O) groups is 2. The zero-order chi connectivity index (χ0) is 21.3. The molecule has 0 saturated carbocycles. The van der Waals surface area contributed by atoms with Gasteiger partial charge >= 0.3 is 0 Å². The van der Waals surface area contributed by atoms with Crippen molar-refractivity contribution < 1.29 is 19.1 Å². The van der Waals surface area contributed by atoms with E-state index in [9.17, 15) is 20.0 Å². The Labute approximate surface area is 175 Å². The molecule has 0 N–H and O–H groups in total. The third-order valence-electron chi connectivity index (χ3n) is 5.10. The first kappa shape index (κ1) is 23.0. The van der Waals surface area contributed by atoms with Crippen molar-refractivity contribution in [3.05, 3.63) is 21.6 Å². The van der Waals surface area contributed by atoms with Crippen LogP contribution in [0.2, 0.25) is 0 Å². The topological polar surface area (TPSA) is 86.3 Å². The Hall–Kier alpha value is -1.28. The van der Waals surface area contributed by atoms with Crippen molar-refractivity contribution in [2.75, 3.05) is 11.5 Å². The van der Waals surface area contributed by atoms with Gasteiger partial charge in [0, 0.05) is 39.2 Å². The molecule has 8 heteroatoms. The molecular weight excluding hydrogens is 396 g/mol. The summed E-state index contributed by atoms with van der Waals surface area (Å²) in [6.45, 7) is 10.4. The molecule has 0 bridgehead atoms. The minimum absolute atomic E-state index is 0.136. The van der Waals surface area contributed by atoms with E-state index in [2.05, 4.69) is 13.8 Å². The number of carbonyl (C=O) groups excluding carboxylic acids is 2. The van der Waals surface area contributed by atoms with E-state index in [1.54, 1.807) is 27.7 Å². The molecule has 2 rings (SSSR count). The molecule has 2 aliphatic heterocycles. The van der Waals surface area contributed by atoms with Crippen molar-refractivity contribution in [3.8, 4) is 0 Å². The van der Waals surface area contributed by atoms with E-state index in [4.69, 9.17) is 0 Å². The molecule has 0 spiro atoms. The van der Waals surface area contributed by atoms with E-state index in [0.717, 1.165) is 35.2 Å². The van der Waals surface area contributed by atoms with E-state index >= 15 is 0 Å². The number of nitrogens with zero attached hydrogens (tertiary/aromatic N) is 2. The molecule has 0 aliphatic carbocycles. The highest BCUT2D eigenvalue weighted by Gasteiger charge is 2.58. The summed E-state index contributed by atoms with van der Waals surface area (Å²) in [5.41, 5.74) is -2.29. The molecule has 0 aromatic rings. The SMILES string of the molecule is CCCCSC1=[N+]([O-])C(C)(C)C(=O)/C1=C1\C(=O)C(C)(C)[N+]([O-])=C1SCCCC. The van der Waals surface area contributed by atoms with Crippen LogP contribution in [0.5, 0.6) is 0 Å². The highest BCUT2D eigenvalue weighted by Crippen LogP contribution is 2.38. The molecule has 2 heterocycles. The lowest BCUT2D eigenvalue weighted by Gasteiger charge is -2.15. The van der Waals surface area contributed by atoms with Gasteiger partial charge < -0.3 is 10.4 Å². The number of rotatable bonds is 6. The summed E-state index contributed by atoms with van der Waals surface area (Å²) in [6, 6.07) is 0. The first-order valence-electron chi connectivity index (χ1n) is 9.82. The van der Waals surface area contributed by atoms with Gasteiger partial charge in [-0.15, -0.1) is 0 Å². The van der Waals surface area contributed by atoms with Crippen molar-refractivity contribution >= 4 is 45.2 Å². The molecule has 0 unspecified atom stereocenters. The second kappa shape index (κ2) is 8.61. The molecule has 0 aromatic heterocycles. The summed E-state index contributed by atoms with van der Waals surface area (Å²) >= 11 is 2.62. The van der Waals surface area contributed by atoms with Crippen LogP contribution in [0.15, 0.2) is 11.1 Å². The molecule has 0 saturated heterocycles. The van der Waals surface area contributed by atoms with Gasteiger partial charge in [-0.3, -0.25) is 9.59 Å². The highest BCUT2D eigenvalue weighted by atomic mass is 32.2. The number of hydroxylamine groups is 2. The molecule has 0 aromatic carbocycles.